The van der Waals surface area contributed by atoms with Gasteiger partial charge in [0.15, 0.2) is 5.78 Å². The lowest BCUT2D eigenvalue weighted by Gasteiger charge is -2.15. The number of hydrogen-bond acceptors (Lipinski definition) is 3. The van der Waals surface area contributed by atoms with Gasteiger partial charge in [-0.3, -0.25) is 9.59 Å². The third kappa shape index (κ3) is 2.15. The molecule has 4 nitrogen and oxygen atoms in total. The zero-order chi connectivity index (χ0) is 15.9. The molecule has 2 atom stereocenters. The summed E-state index contributed by atoms with van der Waals surface area (Å²) in [5.41, 5.74) is 1.68. The first-order valence-electron chi connectivity index (χ1n) is 7.43. The smallest absolute Gasteiger partial charge is 0.304 e. The maximum Gasteiger partial charge on any atom is 0.304 e. The molecule has 1 aliphatic carbocycles. The number of rotatable bonds is 4. The van der Waals surface area contributed by atoms with Crippen LogP contribution in [-0.2, 0) is 4.79 Å². The van der Waals surface area contributed by atoms with Gasteiger partial charge in [0.25, 0.3) is 0 Å². The Hall–Kier alpha value is -2.36. The monoisotopic (exact) mass is 298 g/mol. The molecule has 2 unspecified atom stereocenters. The quantitative estimate of drug-likeness (QED) is 0.936. The van der Waals surface area contributed by atoms with Crippen molar-refractivity contribution in [3.63, 3.8) is 0 Å². The van der Waals surface area contributed by atoms with Crippen molar-refractivity contribution in [3.8, 4) is 5.75 Å². The van der Waals surface area contributed by atoms with Crippen LogP contribution in [-0.4, -0.2) is 24.0 Å². The Morgan fingerprint density at radius 1 is 1.23 bits per heavy atom. The van der Waals surface area contributed by atoms with E-state index in [0.717, 1.165) is 28.5 Å². The molecule has 0 saturated heterocycles. The highest BCUT2D eigenvalue weighted by atomic mass is 16.5. The van der Waals surface area contributed by atoms with E-state index >= 15 is 0 Å². The highest BCUT2D eigenvalue weighted by Crippen LogP contribution is 2.44. The summed E-state index contributed by atoms with van der Waals surface area (Å²) < 4.78 is 5.22. The first-order valence-corrected chi connectivity index (χ1v) is 7.43. The molecule has 114 valence electrons. The zero-order valence-corrected chi connectivity index (χ0v) is 12.6. The van der Waals surface area contributed by atoms with Crippen LogP contribution in [0.2, 0.25) is 0 Å². The molecule has 0 aliphatic heterocycles. The number of Topliss-reactive ketones (excluding diaryl/α,β-unsaturated/α-hetero) is 1. The molecule has 0 heterocycles. The van der Waals surface area contributed by atoms with E-state index in [-0.39, 0.29) is 18.1 Å². The molecular weight excluding hydrogens is 280 g/mol. The molecule has 0 aromatic heterocycles. The van der Waals surface area contributed by atoms with E-state index in [0.29, 0.717) is 5.56 Å². The van der Waals surface area contributed by atoms with E-state index in [1.54, 1.807) is 7.11 Å². The first kappa shape index (κ1) is 14.6. The van der Waals surface area contributed by atoms with Gasteiger partial charge in [-0.25, -0.2) is 0 Å². The Bertz CT molecular complexity index is 763. The number of aliphatic carboxylic acids is 1. The number of methoxy groups -OCH3 is 1. The summed E-state index contributed by atoms with van der Waals surface area (Å²) in [6.45, 7) is 2.00. The van der Waals surface area contributed by atoms with E-state index in [2.05, 4.69) is 0 Å². The van der Waals surface area contributed by atoms with Crippen molar-refractivity contribution < 1.29 is 19.4 Å². The van der Waals surface area contributed by atoms with E-state index in [1.165, 1.54) is 0 Å². The highest BCUT2D eigenvalue weighted by molar-refractivity contribution is 6.14. The van der Waals surface area contributed by atoms with Crippen molar-refractivity contribution >= 4 is 22.5 Å². The lowest BCUT2D eigenvalue weighted by molar-refractivity contribution is -0.137. The van der Waals surface area contributed by atoms with Crippen molar-refractivity contribution in [1.29, 1.82) is 0 Å². The van der Waals surface area contributed by atoms with E-state index in [1.807, 2.05) is 37.3 Å². The molecule has 0 spiro atoms. The fourth-order valence-corrected chi connectivity index (χ4v) is 3.55. The maximum absolute atomic E-state index is 12.8. The fourth-order valence-electron chi connectivity index (χ4n) is 3.55. The largest absolute Gasteiger partial charge is 0.497 e. The summed E-state index contributed by atoms with van der Waals surface area (Å²) in [6.07, 6.45) is 0.655. The number of carboxylic acids is 1. The Morgan fingerprint density at radius 2 is 2.00 bits per heavy atom. The van der Waals surface area contributed by atoms with Crippen molar-refractivity contribution in [1.82, 2.24) is 0 Å². The minimum Gasteiger partial charge on any atom is -0.497 e. The molecule has 2 aromatic carbocycles. The Morgan fingerprint density at radius 3 is 2.64 bits per heavy atom. The summed E-state index contributed by atoms with van der Waals surface area (Å²) >= 11 is 0. The molecule has 0 bridgehead atoms. The number of carbonyl (C=O) groups is 2. The van der Waals surface area contributed by atoms with Crippen LogP contribution < -0.4 is 4.74 Å². The van der Waals surface area contributed by atoms with Crippen LogP contribution in [0.4, 0.5) is 0 Å². The average molecular weight is 298 g/mol. The number of ketones is 1. The van der Waals surface area contributed by atoms with Gasteiger partial charge in [0.1, 0.15) is 5.75 Å². The van der Waals surface area contributed by atoms with Crippen LogP contribution in [0.3, 0.4) is 0 Å². The Balaban J connectivity index is 2.17. The van der Waals surface area contributed by atoms with Gasteiger partial charge in [-0.2, -0.15) is 0 Å². The van der Waals surface area contributed by atoms with Crippen LogP contribution in [0.5, 0.6) is 5.75 Å². The second kappa shape index (κ2) is 5.44. The Kier molecular flexibility index (Phi) is 3.61. The molecule has 0 amide bonds. The molecule has 2 aromatic rings. The third-order valence-corrected chi connectivity index (χ3v) is 4.56. The van der Waals surface area contributed by atoms with E-state index in [9.17, 15) is 9.59 Å². The van der Waals surface area contributed by atoms with Crippen LogP contribution in [0.25, 0.3) is 10.8 Å². The second-order valence-corrected chi connectivity index (χ2v) is 5.70. The molecule has 0 saturated carbocycles. The fraction of sp³-hybridized carbons (Fsp3) is 0.333. The number of carbonyl (C=O) groups excluding carboxylic acids is 1. The summed E-state index contributed by atoms with van der Waals surface area (Å²) in [5, 5.41) is 10.9. The van der Waals surface area contributed by atoms with Gasteiger partial charge in [0, 0.05) is 11.5 Å². The average Bonchev–Trinajstić information content (AvgIpc) is 2.78. The minimum atomic E-state index is -0.921. The summed E-state index contributed by atoms with van der Waals surface area (Å²) in [7, 11) is 1.61. The van der Waals surface area contributed by atoms with Gasteiger partial charge in [-0.1, -0.05) is 19.1 Å². The van der Waals surface area contributed by atoms with Crippen LogP contribution in [0, 0.1) is 5.92 Å². The van der Waals surface area contributed by atoms with Crippen LogP contribution in [0.1, 0.15) is 41.6 Å². The minimum absolute atomic E-state index is 0.00917. The van der Waals surface area contributed by atoms with Gasteiger partial charge in [0.05, 0.1) is 13.5 Å². The van der Waals surface area contributed by atoms with Gasteiger partial charge in [-0.15, -0.1) is 0 Å². The van der Waals surface area contributed by atoms with Crippen molar-refractivity contribution in [3.05, 3.63) is 41.5 Å². The van der Waals surface area contributed by atoms with E-state index < -0.39 is 11.9 Å². The predicted molar refractivity (Wildman–Crippen MR) is 83.6 cm³/mol. The normalized spacial score (nSPS) is 20.2. The molecule has 0 radical (unpaired) electrons. The highest BCUT2D eigenvalue weighted by Gasteiger charge is 2.40. The van der Waals surface area contributed by atoms with Crippen molar-refractivity contribution in [2.75, 3.05) is 7.11 Å². The summed E-state index contributed by atoms with van der Waals surface area (Å²) in [4.78, 5) is 23.9. The van der Waals surface area contributed by atoms with Gasteiger partial charge in [-0.05, 0) is 46.9 Å². The lowest BCUT2D eigenvalue weighted by atomic mass is 9.87. The maximum atomic E-state index is 12.8. The second-order valence-electron chi connectivity index (χ2n) is 5.70. The first-order chi connectivity index (χ1) is 10.6. The number of carboxylic acid groups (broad SMARTS) is 1. The topological polar surface area (TPSA) is 63.6 Å². The number of hydrogen-bond donors (Lipinski definition) is 1. The molecule has 1 N–H and O–H groups in total. The van der Waals surface area contributed by atoms with Crippen molar-refractivity contribution in [2.24, 2.45) is 5.92 Å². The third-order valence-electron chi connectivity index (χ3n) is 4.56. The standard InChI is InChI=1S/C18H18O4/c1-3-12-14-6-4-10-8-11(22-2)5-7-13(10)17(14)18(21)15(12)9-16(19)20/h4-8,12,15H,3,9H2,1-2H3,(H,19,20). The van der Waals surface area contributed by atoms with Gasteiger partial charge in [0.2, 0.25) is 0 Å². The number of benzene rings is 2. The predicted octanol–water partition coefficient (Wildman–Crippen LogP) is 3.63. The molecule has 1 aliphatic rings. The molecule has 22 heavy (non-hydrogen) atoms. The molecule has 4 heteroatoms. The van der Waals surface area contributed by atoms with Gasteiger partial charge < -0.3 is 9.84 Å². The molecule has 0 fully saturated rings. The lowest BCUT2D eigenvalue weighted by Crippen LogP contribution is -2.17. The van der Waals surface area contributed by atoms with Crippen LogP contribution >= 0.6 is 0 Å². The zero-order valence-electron chi connectivity index (χ0n) is 12.6. The Labute approximate surface area is 128 Å². The summed E-state index contributed by atoms with van der Waals surface area (Å²) in [5.74, 6) is -0.682. The molecular formula is C18H18O4. The number of fused-ring (bicyclic) bond motifs is 3. The van der Waals surface area contributed by atoms with Gasteiger partial charge >= 0.3 is 5.97 Å². The van der Waals surface area contributed by atoms with Crippen molar-refractivity contribution in [2.45, 2.75) is 25.7 Å². The number of ether oxygens (including phenoxy) is 1. The molecule has 3 rings (SSSR count). The van der Waals surface area contributed by atoms with E-state index in [4.69, 9.17) is 9.84 Å². The summed E-state index contributed by atoms with van der Waals surface area (Å²) in [6, 6.07) is 9.57. The van der Waals surface area contributed by atoms with Crippen LogP contribution in [0.15, 0.2) is 30.3 Å². The SMILES string of the molecule is CCC1c2ccc3cc(OC)ccc3c2C(=O)C1CC(=O)O.